The van der Waals surface area contributed by atoms with Gasteiger partial charge in [0.05, 0.1) is 10.0 Å². The molecule has 19 heavy (non-hydrogen) atoms. The average molecular weight is 298 g/mol. The fraction of sp³-hybridized carbons (Fsp3) is 0.385. The molecule has 0 unspecified atom stereocenters. The van der Waals surface area contributed by atoms with Gasteiger partial charge in [-0.2, -0.15) is 4.98 Å². The van der Waals surface area contributed by atoms with Crippen molar-refractivity contribution in [2.45, 2.75) is 18.8 Å². The van der Waals surface area contributed by atoms with Gasteiger partial charge in [-0.25, -0.2) is 0 Å². The van der Waals surface area contributed by atoms with Crippen molar-refractivity contribution < 1.29 is 4.52 Å². The number of aromatic nitrogens is 2. The minimum Gasteiger partial charge on any atom is -0.334 e. The third kappa shape index (κ3) is 2.76. The number of nitrogens with zero attached hydrogens (tertiary/aromatic N) is 2. The van der Waals surface area contributed by atoms with Crippen LogP contribution in [0.5, 0.6) is 0 Å². The molecule has 0 saturated carbocycles. The molecule has 6 heteroatoms. The Bertz CT molecular complexity index is 579. The van der Waals surface area contributed by atoms with E-state index in [1.54, 1.807) is 12.1 Å². The maximum absolute atomic E-state index is 5.99. The second-order valence-corrected chi connectivity index (χ2v) is 5.43. The predicted octanol–water partition coefficient (Wildman–Crippen LogP) is 3.51. The molecule has 1 aromatic heterocycles. The summed E-state index contributed by atoms with van der Waals surface area (Å²) in [5.41, 5.74) is 0.794. The highest BCUT2D eigenvalue weighted by molar-refractivity contribution is 6.42. The van der Waals surface area contributed by atoms with Gasteiger partial charge in [0.25, 0.3) is 5.89 Å². The van der Waals surface area contributed by atoms with Crippen molar-refractivity contribution in [3.8, 4) is 11.5 Å². The summed E-state index contributed by atoms with van der Waals surface area (Å²) in [5.74, 6) is 1.65. The largest absolute Gasteiger partial charge is 0.334 e. The highest BCUT2D eigenvalue weighted by Crippen LogP contribution is 2.29. The van der Waals surface area contributed by atoms with Crippen LogP contribution in [-0.2, 0) is 0 Å². The van der Waals surface area contributed by atoms with Crippen molar-refractivity contribution in [2.75, 3.05) is 13.1 Å². The van der Waals surface area contributed by atoms with E-state index in [2.05, 4.69) is 15.5 Å². The van der Waals surface area contributed by atoms with Gasteiger partial charge in [0.1, 0.15) is 0 Å². The zero-order chi connectivity index (χ0) is 13.2. The van der Waals surface area contributed by atoms with Gasteiger partial charge >= 0.3 is 0 Å². The van der Waals surface area contributed by atoms with Gasteiger partial charge in [-0.05, 0) is 44.1 Å². The van der Waals surface area contributed by atoms with E-state index in [-0.39, 0.29) is 0 Å². The van der Waals surface area contributed by atoms with Crippen molar-refractivity contribution in [1.82, 2.24) is 15.5 Å². The lowest BCUT2D eigenvalue weighted by Crippen LogP contribution is -2.27. The van der Waals surface area contributed by atoms with Crippen molar-refractivity contribution >= 4 is 23.2 Å². The minimum absolute atomic E-state index is 0.376. The van der Waals surface area contributed by atoms with E-state index in [0.29, 0.717) is 21.9 Å². The van der Waals surface area contributed by atoms with Crippen LogP contribution < -0.4 is 5.32 Å². The highest BCUT2D eigenvalue weighted by Gasteiger charge is 2.21. The molecule has 100 valence electrons. The zero-order valence-electron chi connectivity index (χ0n) is 10.2. The maximum Gasteiger partial charge on any atom is 0.257 e. The van der Waals surface area contributed by atoms with Gasteiger partial charge in [-0.1, -0.05) is 28.4 Å². The van der Waals surface area contributed by atoms with E-state index < -0.39 is 0 Å². The molecule has 1 N–H and O–H groups in total. The molecule has 0 bridgehead atoms. The van der Waals surface area contributed by atoms with Gasteiger partial charge in [-0.15, -0.1) is 0 Å². The summed E-state index contributed by atoms with van der Waals surface area (Å²) in [4.78, 5) is 4.47. The molecular formula is C13H13Cl2N3O. The number of hydrogen-bond acceptors (Lipinski definition) is 4. The molecule has 0 radical (unpaired) electrons. The maximum atomic E-state index is 5.99. The summed E-state index contributed by atoms with van der Waals surface area (Å²) in [6.07, 6.45) is 2.08. The smallest absolute Gasteiger partial charge is 0.257 e. The van der Waals surface area contributed by atoms with Crippen molar-refractivity contribution in [1.29, 1.82) is 0 Å². The van der Waals surface area contributed by atoms with Gasteiger partial charge in [-0.3, -0.25) is 0 Å². The van der Waals surface area contributed by atoms with Crippen LogP contribution >= 0.6 is 23.2 Å². The standard InChI is InChI=1S/C13H13Cl2N3O/c14-10-2-1-9(7-11(10)15)13-17-12(18-19-13)8-3-5-16-6-4-8/h1-2,7-8,16H,3-6H2. The summed E-state index contributed by atoms with van der Waals surface area (Å²) >= 11 is 11.9. The number of rotatable bonds is 2. The minimum atomic E-state index is 0.376. The Balaban J connectivity index is 1.85. The zero-order valence-corrected chi connectivity index (χ0v) is 11.7. The van der Waals surface area contributed by atoms with E-state index in [1.165, 1.54) is 0 Å². The molecule has 1 fully saturated rings. The Morgan fingerprint density at radius 3 is 2.68 bits per heavy atom. The van der Waals surface area contributed by atoms with Gasteiger partial charge in [0, 0.05) is 11.5 Å². The fourth-order valence-corrected chi connectivity index (χ4v) is 2.53. The summed E-state index contributed by atoms with van der Waals surface area (Å²) in [6, 6.07) is 5.30. The lowest BCUT2D eigenvalue weighted by molar-refractivity contribution is 0.392. The van der Waals surface area contributed by atoms with Crippen molar-refractivity contribution in [3.63, 3.8) is 0 Å². The van der Waals surface area contributed by atoms with E-state index >= 15 is 0 Å². The number of nitrogens with one attached hydrogen (secondary N) is 1. The van der Waals surface area contributed by atoms with Crippen molar-refractivity contribution in [2.24, 2.45) is 0 Å². The van der Waals surface area contributed by atoms with E-state index in [1.807, 2.05) is 6.07 Å². The lowest BCUT2D eigenvalue weighted by Gasteiger charge is -2.18. The first kappa shape index (κ1) is 12.9. The van der Waals surface area contributed by atoms with Crippen LogP contribution in [0.2, 0.25) is 10.0 Å². The molecule has 1 saturated heterocycles. The van der Waals surface area contributed by atoms with Crippen LogP contribution in [0.1, 0.15) is 24.6 Å². The van der Waals surface area contributed by atoms with Crippen LogP contribution in [0, 0.1) is 0 Å². The molecule has 3 rings (SSSR count). The fourth-order valence-electron chi connectivity index (χ4n) is 2.23. The Hall–Kier alpha value is -1.10. The van der Waals surface area contributed by atoms with Crippen molar-refractivity contribution in [3.05, 3.63) is 34.1 Å². The number of halogens is 2. The van der Waals surface area contributed by atoms with Crippen LogP contribution in [0.25, 0.3) is 11.5 Å². The van der Waals surface area contributed by atoms with E-state index in [0.717, 1.165) is 37.3 Å². The molecule has 1 aliphatic rings. The topological polar surface area (TPSA) is 51.0 Å². The van der Waals surface area contributed by atoms with Crippen LogP contribution in [0.4, 0.5) is 0 Å². The number of hydrogen-bond donors (Lipinski definition) is 1. The quantitative estimate of drug-likeness (QED) is 0.921. The first-order chi connectivity index (χ1) is 9.24. The van der Waals surface area contributed by atoms with E-state index in [4.69, 9.17) is 27.7 Å². The normalized spacial score (nSPS) is 16.7. The third-order valence-corrected chi connectivity index (χ3v) is 4.05. The molecule has 0 aliphatic carbocycles. The molecular weight excluding hydrogens is 285 g/mol. The van der Waals surface area contributed by atoms with Crippen LogP contribution in [0.15, 0.2) is 22.7 Å². The van der Waals surface area contributed by atoms with Gasteiger partial charge in [0.2, 0.25) is 0 Å². The van der Waals surface area contributed by atoms with Crippen LogP contribution in [-0.4, -0.2) is 23.2 Å². The number of benzene rings is 1. The van der Waals surface area contributed by atoms with Gasteiger partial charge < -0.3 is 9.84 Å². The second-order valence-electron chi connectivity index (χ2n) is 4.61. The Morgan fingerprint density at radius 1 is 1.16 bits per heavy atom. The summed E-state index contributed by atoms with van der Waals surface area (Å²) in [7, 11) is 0. The molecule has 0 spiro atoms. The first-order valence-corrected chi connectivity index (χ1v) is 6.99. The van der Waals surface area contributed by atoms with Gasteiger partial charge in [0.15, 0.2) is 5.82 Å². The molecule has 1 aliphatic heterocycles. The van der Waals surface area contributed by atoms with Crippen LogP contribution in [0.3, 0.4) is 0 Å². The monoisotopic (exact) mass is 297 g/mol. The summed E-state index contributed by atoms with van der Waals surface area (Å²) < 4.78 is 5.32. The molecule has 4 nitrogen and oxygen atoms in total. The average Bonchev–Trinajstić information content (AvgIpc) is 2.93. The van der Waals surface area contributed by atoms with E-state index in [9.17, 15) is 0 Å². The summed E-state index contributed by atoms with van der Waals surface area (Å²) in [5, 5.41) is 8.40. The second kappa shape index (κ2) is 5.49. The SMILES string of the molecule is Clc1ccc(-c2nc(C3CCNCC3)no2)cc1Cl. The molecule has 2 heterocycles. The summed E-state index contributed by atoms with van der Waals surface area (Å²) in [6.45, 7) is 2.00. The lowest BCUT2D eigenvalue weighted by atomic mass is 9.98. The predicted molar refractivity (Wildman–Crippen MR) is 74.6 cm³/mol. The molecule has 2 aromatic rings. The molecule has 1 aromatic carbocycles. The Kier molecular flexibility index (Phi) is 3.73. The third-order valence-electron chi connectivity index (χ3n) is 3.31. The Morgan fingerprint density at radius 2 is 1.95 bits per heavy atom. The Labute approximate surface area is 121 Å². The highest BCUT2D eigenvalue weighted by atomic mass is 35.5. The number of piperidine rings is 1. The first-order valence-electron chi connectivity index (χ1n) is 6.24. The molecule has 0 amide bonds. The molecule has 0 atom stereocenters.